The van der Waals surface area contributed by atoms with E-state index in [4.69, 9.17) is 11.6 Å². The van der Waals surface area contributed by atoms with Crippen LogP contribution in [0.2, 0.25) is 5.02 Å². The Morgan fingerprint density at radius 1 is 1.22 bits per heavy atom. The van der Waals surface area contributed by atoms with Gasteiger partial charge in [0, 0.05) is 34.5 Å². The van der Waals surface area contributed by atoms with Gasteiger partial charge < -0.3 is 5.32 Å². The molecular formula is C19H14ClFN4OS. The number of thiazole rings is 1. The average Bonchev–Trinajstić information content (AvgIpc) is 3.23. The van der Waals surface area contributed by atoms with Gasteiger partial charge in [0.25, 0.3) is 5.91 Å². The number of aromatic nitrogens is 3. The van der Waals surface area contributed by atoms with Gasteiger partial charge in [0.05, 0.1) is 5.69 Å². The fourth-order valence-corrected chi connectivity index (χ4v) is 3.73. The summed E-state index contributed by atoms with van der Waals surface area (Å²) < 4.78 is 15.1. The van der Waals surface area contributed by atoms with Crippen LogP contribution in [0.1, 0.15) is 16.1 Å². The van der Waals surface area contributed by atoms with E-state index in [-0.39, 0.29) is 11.7 Å². The van der Waals surface area contributed by atoms with Gasteiger partial charge in [0.15, 0.2) is 5.82 Å². The third-order valence-corrected chi connectivity index (χ3v) is 5.09. The van der Waals surface area contributed by atoms with Crippen LogP contribution in [0.4, 0.5) is 4.39 Å². The molecule has 4 aromatic rings. The average molecular weight is 401 g/mol. The minimum atomic E-state index is -0.324. The number of hydrogen-bond acceptors (Lipinski definition) is 4. The minimum absolute atomic E-state index is 0.178. The summed E-state index contributed by atoms with van der Waals surface area (Å²) in [5.74, 6) is -0.0248. The first-order valence-corrected chi connectivity index (χ1v) is 9.49. The SMILES string of the molecule is O=C(NCCc1csc2nc(-c3cccc(F)c3)nn12)c1cccc(Cl)c1. The van der Waals surface area contributed by atoms with E-state index in [2.05, 4.69) is 15.4 Å². The van der Waals surface area contributed by atoms with Crippen LogP contribution in [-0.4, -0.2) is 27.0 Å². The van der Waals surface area contributed by atoms with Crippen molar-refractivity contribution in [3.63, 3.8) is 0 Å². The van der Waals surface area contributed by atoms with Crippen molar-refractivity contribution in [2.24, 2.45) is 0 Å². The van der Waals surface area contributed by atoms with Crippen LogP contribution < -0.4 is 5.32 Å². The summed E-state index contributed by atoms with van der Waals surface area (Å²) in [6.07, 6.45) is 0.595. The van der Waals surface area contributed by atoms with Gasteiger partial charge in [-0.1, -0.05) is 29.8 Å². The van der Waals surface area contributed by atoms with Crippen LogP contribution in [0.5, 0.6) is 0 Å². The monoisotopic (exact) mass is 400 g/mol. The zero-order chi connectivity index (χ0) is 18.8. The van der Waals surface area contributed by atoms with Gasteiger partial charge in [-0.15, -0.1) is 16.4 Å². The number of amides is 1. The summed E-state index contributed by atoms with van der Waals surface area (Å²) in [5.41, 5.74) is 2.08. The first-order chi connectivity index (χ1) is 13.1. The lowest BCUT2D eigenvalue weighted by atomic mass is 10.2. The minimum Gasteiger partial charge on any atom is -0.352 e. The van der Waals surface area contributed by atoms with Crippen molar-refractivity contribution in [3.05, 3.63) is 76.0 Å². The Kier molecular flexibility index (Phi) is 4.87. The van der Waals surface area contributed by atoms with Crippen LogP contribution in [0.3, 0.4) is 0 Å². The van der Waals surface area contributed by atoms with E-state index in [9.17, 15) is 9.18 Å². The number of nitrogens with zero attached hydrogens (tertiary/aromatic N) is 3. The molecule has 0 aliphatic carbocycles. The van der Waals surface area contributed by atoms with Crippen LogP contribution in [0, 0.1) is 5.82 Å². The molecule has 4 rings (SSSR count). The highest BCUT2D eigenvalue weighted by Crippen LogP contribution is 2.21. The molecule has 0 spiro atoms. The molecule has 0 bridgehead atoms. The largest absolute Gasteiger partial charge is 0.352 e. The molecule has 1 N–H and O–H groups in total. The summed E-state index contributed by atoms with van der Waals surface area (Å²) in [5, 5.41) is 9.82. The third kappa shape index (κ3) is 3.84. The lowest BCUT2D eigenvalue weighted by Gasteiger charge is -2.05. The first-order valence-electron chi connectivity index (χ1n) is 8.23. The molecular weight excluding hydrogens is 387 g/mol. The number of carbonyl (C=O) groups excluding carboxylic acids is 1. The number of carbonyl (C=O) groups is 1. The second kappa shape index (κ2) is 7.46. The molecule has 0 aliphatic rings. The molecule has 2 aromatic heterocycles. The van der Waals surface area contributed by atoms with Crippen molar-refractivity contribution in [1.82, 2.24) is 19.9 Å². The Balaban J connectivity index is 1.46. The summed E-state index contributed by atoms with van der Waals surface area (Å²) in [7, 11) is 0. The Labute approximate surface area is 163 Å². The maximum atomic E-state index is 13.4. The van der Waals surface area contributed by atoms with Gasteiger partial charge in [0.1, 0.15) is 5.82 Å². The lowest BCUT2D eigenvalue weighted by molar-refractivity contribution is 0.0954. The van der Waals surface area contributed by atoms with E-state index in [1.807, 2.05) is 5.38 Å². The van der Waals surface area contributed by atoms with Crippen molar-refractivity contribution in [3.8, 4) is 11.4 Å². The first kappa shape index (κ1) is 17.6. The van der Waals surface area contributed by atoms with E-state index >= 15 is 0 Å². The van der Waals surface area contributed by atoms with Crippen LogP contribution in [0.15, 0.2) is 53.9 Å². The highest BCUT2D eigenvalue weighted by Gasteiger charge is 2.12. The molecule has 1 amide bonds. The quantitative estimate of drug-likeness (QED) is 0.545. The third-order valence-electron chi connectivity index (χ3n) is 3.99. The maximum Gasteiger partial charge on any atom is 0.251 e. The Hall–Kier alpha value is -2.77. The van der Waals surface area contributed by atoms with Crippen molar-refractivity contribution >= 4 is 33.8 Å². The number of fused-ring (bicyclic) bond motifs is 1. The summed E-state index contributed by atoms with van der Waals surface area (Å²) in [6, 6.07) is 13.0. The fourth-order valence-electron chi connectivity index (χ4n) is 2.68. The number of halogens is 2. The number of benzene rings is 2. The molecule has 0 saturated heterocycles. The molecule has 8 heteroatoms. The predicted octanol–water partition coefficient (Wildman–Crippen LogP) is 4.22. The van der Waals surface area contributed by atoms with Crippen molar-refractivity contribution in [2.75, 3.05) is 6.54 Å². The van der Waals surface area contributed by atoms with Crippen LogP contribution in [0.25, 0.3) is 16.3 Å². The second-order valence-electron chi connectivity index (χ2n) is 5.88. The van der Waals surface area contributed by atoms with Crippen LogP contribution in [-0.2, 0) is 6.42 Å². The zero-order valence-electron chi connectivity index (χ0n) is 14.0. The Morgan fingerprint density at radius 3 is 2.89 bits per heavy atom. The molecule has 0 radical (unpaired) electrons. The Bertz CT molecular complexity index is 1120. The van der Waals surface area contributed by atoms with Crippen molar-refractivity contribution in [1.29, 1.82) is 0 Å². The summed E-state index contributed by atoms with van der Waals surface area (Å²) in [6.45, 7) is 0.451. The summed E-state index contributed by atoms with van der Waals surface area (Å²) in [4.78, 5) is 17.3. The van der Waals surface area contributed by atoms with E-state index in [1.54, 1.807) is 40.9 Å². The van der Waals surface area contributed by atoms with Gasteiger partial charge in [-0.25, -0.2) is 8.91 Å². The van der Waals surface area contributed by atoms with Gasteiger partial charge in [-0.2, -0.15) is 4.98 Å². The van der Waals surface area contributed by atoms with E-state index < -0.39 is 0 Å². The standard InChI is InChI=1S/C19H14ClFN4OS/c20-14-5-1-4-13(9-14)18(26)22-8-7-16-11-27-19-23-17(24-25(16)19)12-3-2-6-15(21)10-12/h1-6,9-11H,7-8H2,(H,22,26). The lowest BCUT2D eigenvalue weighted by Crippen LogP contribution is -2.26. The molecule has 0 saturated carbocycles. The maximum absolute atomic E-state index is 13.4. The molecule has 2 aromatic carbocycles. The van der Waals surface area contributed by atoms with Gasteiger partial charge in [-0.3, -0.25) is 4.79 Å². The molecule has 136 valence electrons. The van der Waals surface area contributed by atoms with Gasteiger partial charge in [-0.05, 0) is 30.3 Å². The zero-order valence-corrected chi connectivity index (χ0v) is 15.6. The molecule has 27 heavy (non-hydrogen) atoms. The topological polar surface area (TPSA) is 59.3 Å². The molecule has 0 atom stereocenters. The smallest absolute Gasteiger partial charge is 0.251 e. The molecule has 0 fully saturated rings. The van der Waals surface area contributed by atoms with E-state index in [0.717, 1.165) is 10.7 Å². The molecule has 0 aliphatic heterocycles. The van der Waals surface area contributed by atoms with E-state index in [0.29, 0.717) is 34.9 Å². The molecule has 5 nitrogen and oxygen atoms in total. The van der Waals surface area contributed by atoms with Gasteiger partial charge in [0.2, 0.25) is 4.96 Å². The van der Waals surface area contributed by atoms with Crippen LogP contribution >= 0.6 is 22.9 Å². The Morgan fingerprint density at radius 2 is 2.07 bits per heavy atom. The van der Waals surface area contributed by atoms with Crippen molar-refractivity contribution in [2.45, 2.75) is 6.42 Å². The molecule has 0 unspecified atom stereocenters. The predicted molar refractivity (Wildman–Crippen MR) is 104 cm³/mol. The van der Waals surface area contributed by atoms with E-state index in [1.165, 1.54) is 23.5 Å². The fraction of sp³-hybridized carbons (Fsp3) is 0.105. The van der Waals surface area contributed by atoms with Gasteiger partial charge >= 0.3 is 0 Å². The number of rotatable bonds is 5. The normalized spacial score (nSPS) is 11.0. The highest BCUT2D eigenvalue weighted by atomic mass is 35.5. The second-order valence-corrected chi connectivity index (χ2v) is 7.16. The highest BCUT2D eigenvalue weighted by molar-refractivity contribution is 7.15. The van der Waals surface area contributed by atoms with Crippen molar-refractivity contribution < 1.29 is 9.18 Å². The number of nitrogens with one attached hydrogen (secondary N) is 1. The molecule has 2 heterocycles. The number of hydrogen-bond donors (Lipinski definition) is 1. The summed E-state index contributed by atoms with van der Waals surface area (Å²) >= 11 is 7.37.